The Kier molecular flexibility index (Phi) is 3.65. The van der Waals surface area contributed by atoms with Gasteiger partial charge in [0.2, 0.25) is 0 Å². The fourth-order valence-electron chi connectivity index (χ4n) is 2.21. The van der Waals surface area contributed by atoms with E-state index in [0.717, 1.165) is 23.7 Å². The van der Waals surface area contributed by atoms with Crippen LogP contribution in [0.4, 0.5) is 11.5 Å². The predicted octanol–water partition coefficient (Wildman–Crippen LogP) is 2.80. The Balaban J connectivity index is 1.71. The summed E-state index contributed by atoms with van der Waals surface area (Å²) in [5.74, 6) is 0.870. The van der Waals surface area contributed by atoms with Crippen molar-refractivity contribution in [2.45, 2.75) is 32.4 Å². The third-order valence-electron chi connectivity index (χ3n) is 3.66. The molecule has 1 aromatic carbocycles. The minimum atomic E-state index is 0.700. The van der Waals surface area contributed by atoms with E-state index in [0.29, 0.717) is 6.04 Å². The van der Waals surface area contributed by atoms with Crippen molar-refractivity contribution in [2.24, 2.45) is 0 Å². The molecule has 0 spiro atoms. The molecule has 0 atom stereocenters. The maximum Gasteiger partial charge on any atom is 0.151 e. The van der Waals surface area contributed by atoms with Gasteiger partial charge in [-0.05, 0) is 31.4 Å². The molecule has 1 aliphatic carbocycles. The molecule has 1 heterocycles. The van der Waals surface area contributed by atoms with Crippen LogP contribution >= 0.6 is 0 Å². The molecule has 1 saturated carbocycles. The van der Waals surface area contributed by atoms with Crippen molar-refractivity contribution < 1.29 is 0 Å². The van der Waals surface area contributed by atoms with E-state index < -0.39 is 0 Å². The molecule has 20 heavy (non-hydrogen) atoms. The highest BCUT2D eigenvalue weighted by Gasteiger charge is 2.20. The molecule has 1 aromatic heterocycles. The Bertz CT molecular complexity index is 575. The van der Waals surface area contributed by atoms with Gasteiger partial charge >= 0.3 is 0 Å². The zero-order chi connectivity index (χ0) is 13.9. The van der Waals surface area contributed by atoms with E-state index in [-0.39, 0.29) is 0 Å². The predicted molar refractivity (Wildman–Crippen MR) is 81.1 cm³/mol. The third kappa shape index (κ3) is 2.96. The topological polar surface area (TPSA) is 41.1 Å². The van der Waals surface area contributed by atoms with Crippen molar-refractivity contribution in [3.8, 4) is 0 Å². The number of rotatable bonds is 5. The van der Waals surface area contributed by atoms with Crippen LogP contribution in [0.1, 0.15) is 24.1 Å². The molecule has 0 aliphatic heterocycles. The first-order valence-electron chi connectivity index (χ1n) is 7.08. The molecule has 1 fully saturated rings. The average molecular weight is 268 g/mol. The Morgan fingerprint density at radius 3 is 2.65 bits per heavy atom. The lowest BCUT2D eigenvalue weighted by molar-refractivity contribution is 0.671. The van der Waals surface area contributed by atoms with Crippen molar-refractivity contribution in [1.82, 2.24) is 15.3 Å². The van der Waals surface area contributed by atoms with Gasteiger partial charge in [0.1, 0.15) is 0 Å². The standard InChI is InChI=1S/C16H20N4/c1-12-5-3-4-6-15(12)20(2)16-11-18-14(10-19-16)9-17-13-7-8-13/h3-6,10-11,13,17H,7-9H2,1-2H3. The zero-order valence-corrected chi connectivity index (χ0v) is 12.0. The van der Waals surface area contributed by atoms with E-state index in [2.05, 4.69) is 39.2 Å². The molecule has 0 radical (unpaired) electrons. The quantitative estimate of drug-likeness (QED) is 0.905. The van der Waals surface area contributed by atoms with Gasteiger partial charge in [0.05, 0.1) is 18.1 Å². The van der Waals surface area contributed by atoms with Gasteiger partial charge < -0.3 is 10.2 Å². The molecule has 0 amide bonds. The minimum Gasteiger partial charge on any atom is -0.328 e. The van der Waals surface area contributed by atoms with E-state index in [9.17, 15) is 0 Å². The third-order valence-corrected chi connectivity index (χ3v) is 3.66. The molecule has 4 nitrogen and oxygen atoms in total. The second-order valence-electron chi connectivity index (χ2n) is 5.37. The summed E-state index contributed by atoms with van der Waals surface area (Å²) >= 11 is 0. The number of benzene rings is 1. The maximum absolute atomic E-state index is 4.52. The van der Waals surface area contributed by atoms with Crippen LogP contribution in [0, 0.1) is 6.92 Å². The second-order valence-corrected chi connectivity index (χ2v) is 5.37. The van der Waals surface area contributed by atoms with Crippen LogP contribution in [-0.2, 0) is 6.54 Å². The normalized spacial score (nSPS) is 14.3. The first kappa shape index (κ1) is 13.1. The Morgan fingerprint density at radius 1 is 1.20 bits per heavy atom. The number of anilines is 2. The van der Waals surface area contributed by atoms with E-state index in [1.807, 2.05) is 31.6 Å². The van der Waals surface area contributed by atoms with Crippen LogP contribution in [0.2, 0.25) is 0 Å². The molecule has 1 N–H and O–H groups in total. The molecule has 3 rings (SSSR count). The molecule has 0 unspecified atom stereocenters. The summed E-state index contributed by atoms with van der Waals surface area (Å²) in [5.41, 5.74) is 3.39. The lowest BCUT2D eigenvalue weighted by Crippen LogP contribution is -2.17. The largest absolute Gasteiger partial charge is 0.328 e. The zero-order valence-electron chi connectivity index (χ0n) is 12.0. The van der Waals surface area contributed by atoms with Crippen LogP contribution in [0.5, 0.6) is 0 Å². The van der Waals surface area contributed by atoms with Gasteiger partial charge in [-0.25, -0.2) is 4.98 Å². The second kappa shape index (κ2) is 5.59. The first-order valence-corrected chi connectivity index (χ1v) is 7.08. The highest BCUT2D eigenvalue weighted by molar-refractivity contribution is 5.62. The maximum atomic E-state index is 4.52. The van der Waals surface area contributed by atoms with E-state index >= 15 is 0 Å². The molecule has 0 saturated heterocycles. The van der Waals surface area contributed by atoms with Gasteiger partial charge in [0, 0.05) is 25.3 Å². The number of hydrogen-bond donors (Lipinski definition) is 1. The van der Waals surface area contributed by atoms with E-state index in [4.69, 9.17) is 0 Å². The summed E-state index contributed by atoms with van der Waals surface area (Å²) < 4.78 is 0. The summed E-state index contributed by atoms with van der Waals surface area (Å²) in [6.45, 7) is 2.92. The number of aromatic nitrogens is 2. The Hall–Kier alpha value is -1.94. The van der Waals surface area contributed by atoms with Gasteiger partial charge in [-0.2, -0.15) is 0 Å². The smallest absolute Gasteiger partial charge is 0.151 e. The lowest BCUT2D eigenvalue weighted by atomic mass is 10.2. The van der Waals surface area contributed by atoms with Crippen molar-refractivity contribution >= 4 is 11.5 Å². The summed E-state index contributed by atoms with van der Waals surface area (Å²) in [6, 6.07) is 8.99. The molecular formula is C16H20N4. The Morgan fingerprint density at radius 2 is 2.00 bits per heavy atom. The molecule has 2 aromatic rings. The molecule has 0 bridgehead atoms. The number of nitrogens with zero attached hydrogens (tertiary/aromatic N) is 3. The van der Waals surface area contributed by atoms with Crippen molar-refractivity contribution in [3.63, 3.8) is 0 Å². The van der Waals surface area contributed by atoms with Crippen LogP contribution in [0.15, 0.2) is 36.7 Å². The number of nitrogens with one attached hydrogen (secondary N) is 1. The van der Waals surface area contributed by atoms with Crippen LogP contribution in [-0.4, -0.2) is 23.1 Å². The van der Waals surface area contributed by atoms with Crippen LogP contribution in [0.3, 0.4) is 0 Å². The molecule has 104 valence electrons. The number of aryl methyl sites for hydroxylation is 1. The lowest BCUT2D eigenvalue weighted by Gasteiger charge is -2.20. The first-order chi connectivity index (χ1) is 9.74. The van der Waals surface area contributed by atoms with Crippen LogP contribution in [0.25, 0.3) is 0 Å². The van der Waals surface area contributed by atoms with Gasteiger partial charge in [-0.15, -0.1) is 0 Å². The molecular weight excluding hydrogens is 248 g/mol. The summed E-state index contributed by atoms with van der Waals surface area (Å²) in [5, 5.41) is 3.45. The summed E-state index contributed by atoms with van der Waals surface area (Å²) in [7, 11) is 2.02. The number of para-hydroxylation sites is 1. The van der Waals surface area contributed by atoms with Crippen molar-refractivity contribution in [1.29, 1.82) is 0 Å². The van der Waals surface area contributed by atoms with Crippen molar-refractivity contribution in [3.05, 3.63) is 47.9 Å². The Labute approximate surface area is 119 Å². The SMILES string of the molecule is Cc1ccccc1N(C)c1cnc(CNC2CC2)cn1. The van der Waals surface area contributed by atoms with Crippen molar-refractivity contribution in [2.75, 3.05) is 11.9 Å². The average Bonchev–Trinajstić information content (AvgIpc) is 3.30. The highest BCUT2D eigenvalue weighted by atomic mass is 15.2. The monoisotopic (exact) mass is 268 g/mol. The van der Waals surface area contributed by atoms with Gasteiger partial charge in [0.15, 0.2) is 5.82 Å². The van der Waals surface area contributed by atoms with E-state index in [1.165, 1.54) is 18.4 Å². The fourth-order valence-corrected chi connectivity index (χ4v) is 2.21. The minimum absolute atomic E-state index is 0.700. The van der Waals surface area contributed by atoms with Gasteiger partial charge in [-0.3, -0.25) is 4.98 Å². The molecule has 1 aliphatic rings. The molecule has 4 heteroatoms. The fraction of sp³-hybridized carbons (Fsp3) is 0.375. The summed E-state index contributed by atoms with van der Waals surface area (Å²) in [6.07, 6.45) is 6.29. The van der Waals surface area contributed by atoms with Gasteiger partial charge in [-0.1, -0.05) is 18.2 Å². The summed E-state index contributed by atoms with van der Waals surface area (Å²) in [4.78, 5) is 11.1. The van der Waals surface area contributed by atoms with Gasteiger partial charge in [0.25, 0.3) is 0 Å². The van der Waals surface area contributed by atoms with Crippen LogP contribution < -0.4 is 10.2 Å². The highest BCUT2D eigenvalue weighted by Crippen LogP contribution is 2.24. The van der Waals surface area contributed by atoms with E-state index in [1.54, 1.807) is 0 Å². The number of hydrogen-bond acceptors (Lipinski definition) is 4.